The Morgan fingerprint density at radius 2 is 2.28 bits per heavy atom. The van der Waals surface area contributed by atoms with Crippen molar-refractivity contribution in [1.29, 1.82) is 0 Å². The highest BCUT2D eigenvalue weighted by Crippen LogP contribution is 2.26. The van der Waals surface area contributed by atoms with Gasteiger partial charge in [0, 0.05) is 16.0 Å². The number of halogens is 2. The van der Waals surface area contributed by atoms with Gasteiger partial charge in [-0.25, -0.2) is 9.67 Å². The molecule has 1 heterocycles. The first-order chi connectivity index (χ1) is 8.70. The minimum Gasteiger partial charge on any atom is -0.377 e. The molecule has 0 atom stereocenters. The van der Waals surface area contributed by atoms with E-state index in [9.17, 15) is 0 Å². The zero-order valence-electron chi connectivity index (χ0n) is 10.0. The lowest BCUT2D eigenvalue weighted by molar-refractivity contribution is 0.574. The molecule has 6 heteroatoms. The highest BCUT2D eigenvalue weighted by molar-refractivity contribution is 9.10. The van der Waals surface area contributed by atoms with Crippen LogP contribution in [0.15, 0.2) is 29.0 Å². The Kier molecular flexibility index (Phi) is 4.60. The van der Waals surface area contributed by atoms with Crippen molar-refractivity contribution in [3.63, 3.8) is 0 Å². The summed E-state index contributed by atoms with van der Waals surface area (Å²) in [4.78, 5) is 4.24. The van der Waals surface area contributed by atoms with Crippen LogP contribution in [0.25, 0.3) is 0 Å². The topological polar surface area (TPSA) is 42.7 Å². The molecule has 0 aliphatic carbocycles. The predicted octanol–water partition coefficient (Wildman–Crippen LogP) is 3.72. The fourth-order valence-electron chi connectivity index (χ4n) is 1.63. The average Bonchev–Trinajstić information content (AvgIpc) is 2.78. The maximum absolute atomic E-state index is 5.96. The largest absolute Gasteiger partial charge is 0.377 e. The van der Waals surface area contributed by atoms with Crippen LogP contribution in [0.3, 0.4) is 0 Å². The summed E-state index contributed by atoms with van der Waals surface area (Å²) in [6.45, 7) is 3.62. The number of rotatable bonds is 5. The number of nitrogens with zero attached hydrogens (tertiary/aromatic N) is 3. The average molecular weight is 330 g/mol. The van der Waals surface area contributed by atoms with Crippen LogP contribution in [-0.4, -0.2) is 14.8 Å². The third-order valence-corrected chi connectivity index (χ3v) is 3.42. The molecule has 0 bridgehead atoms. The summed E-state index contributed by atoms with van der Waals surface area (Å²) in [5.41, 5.74) is 0.952. The molecule has 0 saturated carbocycles. The van der Waals surface area contributed by atoms with Gasteiger partial charge >= 0.3 is 0 Å². The van der Waals surface area contributed by atoms with E-state index in [-0.39, 0.29) is 0 Å². The van der Waals surface area contributed by atoms with Gasteiger partial charge in [-0.05, 0) is 40.5 Å². The first-order valence-electron chi connectivity index (χ1n) is 5.76. The molecule has 0 spiro atoms. The van der Waals surface area contributed by atoms with Crippen molar-refractivity contribution >= 4 is 33.2 Å². The summed E-state index contributed by atoms with van der Waals surface area (Å²) in [5, 5.41) is 8.19. The Balaban J connectivity index is 2.06. The molecule has 0 aliphatic heterocycles. The molecule has 1 aromatic heterocycles. The smallest absolute Gasteiger partial charge is 0.146 e. The van der Waals surface area contributed by atoms with Crippen molar-refractivity contribution in [2.24, 2.45) is 0 Å². The monoisotopic (exact) mass is 328 g/mol. The van der Waals surface area contributed by atoms with Gasteiger partial charge in [0.25, 0.3) is 0 Å². The normalized spacial score (nSPS) is 10.6. The maximum Gasteiger partial charge on any atom is 0.146 e. The minimum atomic E-state index is 0.624. The number of anilines is 1. The van der Waals surface area contributed by atoms with Crippen LogP contribution in [0.5, 0.6) is 0 Å². The molecular formula is C12H14BrClN4. The molecule has 0 saturated heterocycles. The van der Waals surface area contributed by atoms with Gasteiger partial charge in [0.15, 0.2) is 0 Å². The quantitative estimate of drug-likeness (QED) is 0.909. The van der Waals surface area contributed by atoms with Gasteiger partial charge in [-0.15, -0.1) is 0 Å². The van der Waals surface area contributed by atoms with Gasteiger partial charge in [0.2, 0.25) is 0 Å². The molecule has 2 rings (SSSR count). The molecule has 0 radical (unpaired) electrons. The van der Waals surface area contributed by atoms with Crippen LogP contribution >= 0.6 is 27.5 Å². The fraction of sp³-hybridized carbons (Fsp3) is 0.333. The maximum atomic E-state index is 5.96. The van der Waals surface area contributed by atoms with Crippen LogP contribution in [0.2, 0.25) is 5.02 Å². The molecular weight excluding hydrogens is 316 g/mol. The second kappa shape index (κ2) is 6.20. The number of benzene rings is 1. The predicted molar refractivity (Wildman–Crippen MR) is 76.8 cm³/mol. The number of hydrogen-bond acceptors (Lipinski definition) is 3. The number of hydrogen-bond donors (Lipinski definition) is 1. The second-order valence-corrected chi connectivity index (χ2v) is 5.17. The molecule has 96 valence electrons. The van der Waals surface area contributed by atoms with Gasteiger partial charge in [0.05, 0.1) is 12.2 Å². The van der Waals surface area contributed by atoms with Crippen molar-refractivity contribution in [2.45, 2.75) is 26.4 Å². The summed E-state index contributed by atoms with van der Waals surface area (Å²) in [6.07, 6.45) is 2.62. The van der Waals surface area contributed by atoms with Crippen molar-refractivity contribution in [3.8, 4) is 0 Å². The second-order valence-electron chi connectivity index (χ2n) is 3.88. The van der Waals surface area contributed by atoms with Crippen LogP contribution in [0.4, 0.5) is 5.69 Å². The molecule has 4 nitrogen and oxygen atoms in total. The SMILES string of the molecule is CCCn1ncnc1CNc1cc(Cl)ccc1Br. The van der Waals surface area contributed by atoms with Gasteiger partial charge in [-0.2, -0.15) is 5.10 Å². The minimum absolute atomic E-state index is 0.624. The summed E-state index contributed by atoms with van der Waals surface area (Å²) >= 11 is 9.44. The lowest BCUT2D eigenvalue weighted by atomic mass is 10.3. The molecule has 1 N–H and O–H groups in total. The third-order valence-electron chi connectivity index (χ3n) is 2.50. The Morgan fingerprint density at radius 1 is 1.44 bits per heavy atom. The molecule has 0 fully saturated rings. The summed E-state index contributed by atoms with van der Waals surface area (Å²) in [7, 11) is 0. The van der Waals surface area contributed by atoms with E-state index < -0.39 is 0 Å². The standard InChI is InChI=1S/C12H14BrClN4/c1-2-5-18-12(16-8-17-18)7-15-11-6-9(14)3-4-10(11)13/h3-4,6,8,15H,2,5,7H2,1H3. The Bertz CT molecular complexity index is 527. The van der Waals surface area contributed by atoms with Crippen molar-refractivity contribution in [1.82, 2.24) is 14.8 Å². The highest BCUT2D eigenvalue weighted by Gasteiger charge is 2.05. The number of nitrogens with one attached hydrogen (secondary N) is 1. The van der Waals surface area contributed by atoms with Gasteiger partial charge in [0.1, 0.15) is 12.2 Å². The summed E-state index contributed by atoms with van der Waals surface area (Å²) < 4.78 is 2.89. The molecule has 0 aliphatic rings. The van der Waals surface area contributed by atoms with Crippen LogP contribution in [0.1, 0.15) is 19.2 Å². The lowest BCUT2D eigenvalue weighted by Crippen LogP contribution is -2.10. The van der Waals surface area contributed by atoms with E-state index in [4.69, 9.17) is 11.6 Å². The van der Waals surface area contributed by atoms with Crippen molar-refractivity contribution in [2.75, 3.05) is 5.32 Å². The molecule has 18 heavy (non-hydrogen) atoms. The van der Waals surface area contributed by atoms with Crippen molar-refractivity contribution < 1.29 is 0 Å². The first kappa shape index (κ1) is 13.4. The summed E-state index contributed by atoms with van der Waals surface area (Å²) in [5.74, 6) is 0.920. The van der Waals surface area contributed by atoms with Gasteiger partial charge in [-0.3, -0.25) is 0 Å². The van der Waals surface area contributed by atoms with E-state index in [1.54, 1.807) is 6.33 Å². The van der Waals surface area contributed by atoms with E-state index in [0.29, 0.717) is 11.6 Å². The van der Waals surface area contributed by atoms with E-state index >= 15 is 0 Å². The Hall–Kier alpha value is -1.07. The zero-order valence-corrected chi connectivity index (χ0v) is 12.4. The lowest BCUT2D eigenvalue weighted by Gasteiger charge is -2.09. The first-order valence-corrected chi connectivity index (χ1v) is 6.93. The van der Waals surface area contributed by atoms with E-state index in [0.717, 1.165) is 29.0 Å². The fourth-order valence-corrected chi connectivity index (χ4v) is 2.19. The highest BCUT2D eigenvalue weighted by atomic mass is 79.9. The Labute approximate surface area is 119 Å². The van der Waals surface area contributed by atoms with Crippen molar-refractivity contribution in [3.05, 3.63) is 39.8 Å². The number of aryl methyl sites for hydroxylation is 1. The van der Waals surface area contributed by atoms with Crippen LogP contribution in [0, 0.1) is 0 Å². The molecule has 2 aromatic rings. The van der Waals surface area contributed by atoms with Crippen LogP contribution in [-0.2, 0) is 13.1 Å². The third kappa shape index (κ3) is 3.23. The van der Waals surface area contributed by atoms with Gasteiger partial charge in [-0.1, -0.05) is 18.5 Å². The number of aromatic nitrogens is 3. The summed E-state index contributed by atoms with van der Waals surface area (Å²) in [6, 6.07) is 5.64. The molecule has 1 aromatic carbocycles. The van der Waals surface area contributed by atoms with E-state index in [2.05, 4.69) is 38.3 Å². The van der Waals surface area contributed by atoms with Crippen LogP contribution < -0.4 is 5.32 Å². The van der Waals surface area contributed by atoms with E-state index in [1.807, 2.05) is 22.9 Å². The Morgan fingerprint density at radius 3 is 3.06 bits per heavy atom. The van der Waals surface area contributed by atoms with E-state index in [1.165, 1.54) is 0 Å². The van der Waals surface area contributed by atoms with Gasteiger partial charge < -0.3 is 5.32 Å². The molecule has 0 amide bonds. The zero-order chi connectivity index (χ0) is 13.0. The molecule has 0 unspecified atom stereocenters.